The molecule has 1 amide bonds. The number of fused-ring (bicyclic) bond motifs is 1. The molecule has 24 heavy (non-hydrogen) atoms. The van der Waals surface area contributed by atoms with Crippen molar-refractivity contribution in [3.63, 3.8) is 0 Å². The molecule has 0 radical (unpaired) electrons. The van der Waals surface area contributed by atoms with Crippen molar-refractivity contribution in [3.8, 4) is 0 Å². The van der Waals surface area contributed by atoms with Crippen molar-refractivity contribution in [2.75, 3.05) is 5.32 Å². The predicted molar refractivity (Wildman–Crippen MR) is 90.3 cm³/mol. The van der Waals surface area contributed by atoms with Gasteiger partial charge in [-0.15, -0.1) is 0 Å². The summed E-state index contributed by atoms with van der Waals surface area (Å²) in [5, 5.41) is 11.7. The number of benzene rings is 1. The van der Waals surface area contributed by atoms with Crippen LogP contribution in [0.15, 0.2) is 33.6 Å². The van der Waals surface area contributed by atoms with Crippen LogP contribution in [-0.4, -0.2) is 20.8 Å². The first-order valence-electron chi connectivity index (χ1n) is 7.31. The van der Waals surface area contributed by atoms with Crippen LogP contribution in [-0.2, 0) is 4.79 Å². The Morgan fingerprint density at radius 3 is 2.75 bits per heavy atom. The summed E-state index contributed by atoms with van der Waals surface area (Å²) < 4.78 is 6.16. The van der Waals surface area contributed by atoms with E-state index in [-0.39, 0.29) is 5.52 Å². The quantitative estimate of drug-likeness (QED) is 0.787. The van der Waals surface area contributed by atoms with Gasteiger partial charge in [-0.25, -0.2) is 4.68 Å². The number of rotatable bonds is 3. The summed E-state index contributed by atoms with van der Waals surface area (Å²) >= 11 is 6.04. The molecule has 1 N–H and O–H groups in total. The molecule has 0 saturated heterocycles. The van der Waals surface area contributed by atoms with Crippen LogP contribution in [0.3, 0.4) is 0 Å². The van der Waals surface area contributed by atoms with E-state index >= 15 is 0 Å². The third-order valence-corrected chi connectivity index (χ3v) is 4.10. The Balaban J connectivity index is 1.98. The lowest BCUT2D eigenvalue weighted by molar-refractivity contribution is -0.119. The lowest BCUT2D eigenvalue weighted by Gasteiger charge is -2.15. The molecule has 3 rings (SSSR count). The van der Waals surface area contributed by atoms with Gasteiger partial charge in [0.15, 0.2) is 5.52 Å². The number of carbonyl (C=O) groups excluding carboxylic acids is 1. The second kappa shape index (κ2) is 6.09. The van der Waals surface area contributed by atoms with Gasteiger partial charge in [0.2, 0.25) is 5.91 Å². The molecule has 2 aromatic heterocycles. The molecule has 1 aromatic carbocycles. The molecule has 1 atom stereocenters. The van der Waals surface area contributed by atoms with E-state index in [1.165, 1.54) is 0 Å². The molecule has 0 fully saturated rings. The Bertz CT molecular complexity index is 993. The monoisotopic (exact) mass is 346 g/mol. The molecule has 0 aliphatic heterocycles. The smallest absolute Gasteiger partial charge is 0.297 e. The minimum atomic E-state index is -0.839. The number of hydrogen-bond acceptors (Lipinski definition) is 5. The van der Waals surface area contributed by atoms with Gasteiger partial charge in [0, 0.05) is 0 Å². The molecule has 2 heterocycles. The maximum atomic E-state index is 12.5. The highest BCUT2D eigenvalue weighted by Crippen LogP contribution is 2.22. The highest BCUT2D eigenvalue weighted by molar-refractivity contribution is 6.33. The van der Waals surface area contributed by atoms with E-state index in [1.807, 2.05) is 0 Å². The van der Waals surface area contributed by atoms with Crippen molar-refractivity contribution in [3.05, 3.63) is 51.1 Å². The molecule has 8 heteroatoms. The predicted octanol–water partition coefficient (Wildman–Crippen LogP) is 2.85. The third-order valence-electron chi connectivity index (χ3n) is 3.77. The minimum Gasteiger partial charge on any atom is -0.360 e. The van der Waals surface area contributed by atoms with Crippen molar-refractivity contribution < 1.29 is 9.32 Å². The zero-order valence-corrected chi connectivity index (χ0v) is 14.1. The zero-order chi connectivity index (χ0) is 17.4. The van der Waals surface area contributed by atoms with E-state index in [0.29, 0.717) is 27.6 Å². The fourth-order valence-corrected chi connectivity index (χ4v) is 2.67. The van der Waals surface area contributed by atoms with Crippen LogP contribution in [0.4, 0.5) is 5.69 Å². The van der Waals surface area contributed by atoms with Gasteiger partial charge in [-0.2, -0.15) is 5.10 Å². The maximum Gasteiger partial charge on any atom is 0.297 e. The first-order chi connectivity index (χ1) is 11.4. The molecule has 0 saturated carbocycles. The molecule has 0 unspecified atom stereocenters. The van der Waals surface area contributed by atoms with Crippen molar-refractivity contribution in [1.82, 2.24) is 14.9 Å². The summed E-state index contributed by atoms with van der Waals surface area (Å²) in [7, 11) is 0. The number of halogens is 1. The van der Waals surface area contributed by atoms with Crippen LogP contribution in [0.5, 0.6) is 0 Å². The van der Waals surface area contributed by atoms with Gasteiger partial charge >= 0.3 is 0 Å². The van der Waals surface area contributed by atoms with Crippen LogP contribution < -0.4 is 10.9 Å². The van der Waals surface area contributed by atoms with Crippen LogP contribution in [0.1, 0.15) is 24.4 Å². The Kier molecular flexibility index (Phi) is 4.11. The molecular formula is C16H15ClN4O3. The van der Waals surface area contributed by atoms with Gasteiger partial charge in [0.25, 0.3) is 5.56 Å². The number of amides is 1. The number of nitrogens with zero attached hydrogens (tertiary/aromatic N) is 3. The Morgan fingerprint density at radius 1 is 1.33 bits per heavy atom. The number of hydrogen-bond donors (Lipinski definition) is 1. The van der Waals surface area contributed by atoms with Gasteiger partial charge < -0.3 is 9.84 Å². The number of nitrogens with one attached hydrogen (secondary N) is 1. The summed E-state index contributed by atoms with van der Waals surface area (Å²) in [6.45, 7) is 5.03. The van der Waals surface area contributed by atoms with Gasteiger partial charge in [-0.1, -0.05) is 28.9 Å². The highest BCUT2D eigenvalue weighted by atomic mass is 35.5. The summed E-state index contributed by atoms with van der Waals surface area (Å²) in [6.07, 6.45) is 0. The van der Waals surface area contributed by atoms with Crippen LogP contribution in [0.2, 0.25) is 5.02 Å². The fraction of sp³-hybridized carbons (Fsp3) is 0.250. The topological polar surface area (TPSA) is 90.0 Å². The first-order valence-corrected chi connectivity index (χ1v) is 7.68. The minimum absolute atomic E-state index is 0.164. The molecule has 0 aliphatic carbocycles. The molecule has 3 aromatic rings. The number of anilines is 1. The van der Waals surface area contributed by atoms with Crippen LogP contribution >= 0.6 is 11.6 Å². The Labute approximate surface area is 142 Å². The largest absolute Gasteiger partial charge is 0.360 e. The second-order valence-electron chi connectivity index (χ2n) is 5.44. The standard InChI is InChI=1S/C16H15ClN4O3/c1-8-13-10(3)24-20-14(13)16(23)21(19-8)9(2)15(22)18-12-7-5-4-6-11(12)17/h4-7,9H,1-3H3,(H,18,22)/t9-/m0/s1. The molecule has 0 aliphatic rings. The average molecular weight is 347 g/mol. The Morgan fingerprint density at radius 2 is 2.04 bits per heavy atom. The van der Waals surface area contributed by atoms with Crippen molar-refractivity contribution in [2.24, 2.45) is 0 Å². The van der Waals surface area contributed by atoms with Crippen LogP contribution in [0.25, 0.3) is 10.9 Å². The van der Waals surface area contributed by atoms with Crippen molar-refractivity contribution in [1.29, 1.82) is 0 Å². The summed E-state index contributed by atoms with van der Waals surface area (Å²) in [5.41, 5.74) is 0.728. The average Bonchev–Trinajstić information content (AvgIpc) is 2.95. The maximum absolute atomic E-state index is 12.5. The fourth-order valence-electron chi connectivity index (χ4n) is 2.48. The number of aromatic nitrogens is 3. The molecule has 0 spiro atoms. The first kappa shape index (κ1) is 16.2. The Hall–Kier alpha value is -2.67. The molecule has 0 bridgehead atoms. The second-order valence-corrected chi connectivity index (χ2v) is 5.85. The van der Waals surface area contributed by atoms with E-state index in [1.54, 1.807) is 45.0 Å². The van der Waals surface area contributed by atoms with Gasteiger partial charge in [0.1, 0.15) is 11.8 Å². The van der Waals surface area contributed by atoms with Gasteiger partial charge in [0.05, 0.1) is 21.8 Å². The lowest BCUT2D eigenvalue weighted by atomic mass is 10.2. The lowest BCUT2D eigenvalue weighted by Crippen LogP contribution is -2.34. The van der Waals surface area contributed by atoms with Gasteiger partial charge in [-0.05, 0) is 32.9 Å². The number of carbonyl (C=O) groups is 1. The van der Waals surface area contributed by atoms with E-state index in [9.17, 15) is 9.59 Å². The number of aryl methyl sites for hydroxylation is 2. The summed E-state index contributed by atoms with van der Waals surface area (Å²) in [4.78, 5) is 25.0. The van der Waals surface area contributed by atoms with Crippen molar-refractivity contribution in [2.45, 2.75) is 26.8 Å². The van der Waals surface area contributed by atoms with E-state index in [2.05, 4.69) is 15.6 Å². The molecule has 7 nitrogen and oxygen atoms in total. The zero-order valence-electron chi connectivity index (χ0n) is 13.3. The van der Waals surface area contributed by atoms with Gasteiger partial charge in [-0.3, -0.25) is 9.59 Å². The highest BCUT2D eigenvalue weighted by Gasteiger charge is 2.22. The third kappa shape index (κ3) is 2.67. The van der Waals surface area contributed by atoms with Crippen LogP contribution in [0, 0.1) is 13.8 Å². The van der Waals surface area contributed by atoms with Crippen molar-refractivity contribution >= 4 is 34.1 Å². The SMILES string of the molecule is Cc1nn([C@@H](C)C(=O)Nc2ccccc2Cl)c(=O)c2noc(C)c12. The van der Waals surface area contributed by atoms with E-state index in [0.717, 1.165) is 4.68 Å². The summed E-state index contributed by atoms with van der Waals surface area (Å²) in [5.74, 6) is 0.115. The van der Waals surface area contributed by atoms with E-state index < -0.39 is 17.5 Å². The normalized spacial score (nSPS) is 12.3. The molecular weight excluding hydrogens is 332 g/mol. The number of para-hydroxylation sites is 1. The van der Waals surface area contributed by atoms with E-state index in [4.69, 9.17) is 16.1 Å². The summed E-state index contributed by atoms with van der Waals surface area (Å²) in [6, 6.07) is 6.02. The molecule has 124 valence electrons.